The van der Waals surface area contributed by atoms with Gasteiger partial charge in [0.25, 0.3) is 0 Å². The van der Waals surface area contributed by atoms with Crippen molar-refractivity contribution >= 4 is 67.3 Å². The number of pyridine rings is 1. The van der Waals surface area contributed by atoms with E-state index in [1.807, 2.05) is 0 Å². The van der Waals surface area contributed by atoms with Gasteiger partial charge in [0.2, 0.25) is 0 Å². The summed E-state index contributed by atoms with van der Waals surface area (Å²) in [5.74, 6) is 0. The number of unbranched alkanes of at least 4 members (excludes halogenated alkanes) is 1. The van der Waals surface area contributed by atoms with Gasteiger partial charge in [0.1, 0.15) is 0 Å². The molecule has 1 heterocycles. The van der Waals surface area contributed by atoms with Crippen molar-refractivity contribution in [3.05, 3.63) is 90.5 Å². The van der Waals surface area contributed by atoms with Crippen molar-refractivity contribution in [2.75, 3.05) is 0 Å². The van der Waals surface area contributed by atoms with Gasteiger partial charge in [-0.3, -0.25) is 0 Å². The summed E-state index contributed by atoms with van der Waals surface area (Å²) in [7, 11) is 0. The third-order valence-electron chi connectivity index (χ3n) is 4.60. The van der Waals surface area contributed by atoms with E-state index >= 15 is 0 Å². The van der Waals surface area contributed by atoms with E-state index in [9.17, 15) is 0 Å². The van der Waals surface area contributed by atoms with Crippen LogP contribution in [-0.2, 0) is 6.42 Å². The Morgan fingerprint density at radius 2 is 1.32 bits per heavy atom. The van der Waals surface area contributed by atoms with Crippen molar-refractivity contribution in [2.45, 2.75) is 26.2 Å². The number of para-hydroxylation sites is 1. The SMILES string of the molecule is CCCCc1c([Te]c2ccccc2)nc2ccccc2c1[Te]c1ccccc1. The molecule has 0 N–H and O–H groups in total. The van der Waals surface area contributed by atoms with Gasteiger partial charge in [0.15, 0.2) is 0 Å². The van der Waals surface area contributed by atoms with Gasteiger partial charge in [-0.25, -0.2) is 0 Å². The minimum absolute atomic E-state index is 0.445. The summed E-state index contributed by atoms with van der Waals surface area (Å²) in [6.07, 6.45) is 3.63. The Morgan fingerprint density at radius 1 is 0.714 bits per heavy atom. The Kier molecular flexibility index (Phi) is 7.06. The summed E-state index contributed by atoms with van der Waals surface area (Å²) in [5, 5.41) is 1.38. The van der Waals surface area contributed by atoms with Crippen LogP contribution in [0.15, 0.2) is 84.9 Å². The molecule has 0 fully saturated rings. The number of nitrogens with zero attached hydrogens (tertiary/aromatic N) is 1. The average molecular weight is 593 g/mol. The molecule has 0 aliphatic rings. The molecule has 28 heavy (non-hydrogen) atoms. The molecule has 0 spiro atoms. The average Bonchev–Trinajstić information content (AvgIpc) is 2.75. The van der Waals surface area contributed by atoms with E-state index in [-0.39, 0.29) is 0 Å². The molecule has 0 aliphatic heterocycles. The van der Waals surface area contributed by atoms with Gasteiger partial charge in [0.05, 0.1) is 0 Å². The Balaban J connectivity index is 1.87. The van der Waals surface area contributed by atoms with Gasteiger partial charge in [-0.15, -0.1) is 0 Å². The summed E-state index contributed by atoms with van der Waals surface area (Å²) in [5.41, 5.74) is 2.74. The van der Waals surface area contributed by atoms with Crippen molar-refractivity contribution < 1.29 is 0 Å². The first-order valence-corrected chi connectivity index (χ1v) is 14.4. The van der Waals surface area contributed by atoms with Crippen molar-refractivity contribution in [3.8, 4) is 0 Å². The van der Waals surface area contributed by atoms with Crippen LogP contribution in [0.2, 0.25) is 0 Å². The molecule has 0 aliphatic carbocycles. The Morgan fingerprint density at radius 3 is 2.00 bits per heavy atom. The van der Waals surface area contributed by atoms with E-state index in [1.54, 1.807) is 9.17 Å². The number of fused-ring (bicyclic) bond motifs is 1. The molecule has 3 aromatic carbocycles. The van der Waals surface area contributed by atoms with E-state index in [4.69, 9.17) is 4.98 Å². The fourth-order valence-corrected chi connectivity index (χ4v) is 9.86. The molecule has 0 saturated carbocycles. The van der Waals surface area contributed by atoms with Crippen LogP contribution in [0.3, 0.4) is 0 Å². The topological polar surface area (TPSA) is 12.9 Å². The van der Waals surface area contributed by atoms with E-state index in [1.165, 1.54) is 34.7 Å². The third kappa shape index (κ3) is 4.79. The summed E-state index contributed by atoms with van der Waals surface area (Å²) >= 11 is -0.929. The van der Waals surface area contributed by atoms with E-state index in [0.717, 1.165) is 6.42 Å². The molecule has 0 unspecified atom stereocenters. The van der Waals surface area contributed by atoms with Crippen LogP contribution >= 0.6 is 0 Å². The predicted octanol–water partition coefficient (Wildman–Crippen LogP) is 2.89. The molecule has 1 aromatic heterocycles. The first-order valence-electron chi connectivity index (χ1n) is 9.72. The molecule has 0 bridgehead atoms. The van der Waals surface area contributed by atoms with Crippen LogP contribution < -0.4 is 14.6 Å². The van der Waals surface area contributed by atoms with Gasteiger partial charge in [0, 0.05) is 0 Å². The van der Waals surface area contributed by atoms with Gasteiger partial charge < -0.3 is 0 Å². The molecule has 0 amide bonds. The predicted molar refractivity (Wildman–Crippen MR) is 123 cm³/mol. The molecular formula is C25H23NTe2. The molecule has 1 nitrogen and oxygen atoms in total. The number of aromatic nitrogens is 1. The quantitative estimate of drug-likeness (QED) is 0.301. The number of hydrogen-bond acceptors (Lipinski definition) is 1. The zero-order valence-electron chi connectivity index (χ0n) is 16.0. The van der Waals surface area contributed by atoms with Crippen molar-refractivity contribution in [3.63, 3.8) is 0 Å². The van der Waals surface area contributed by atoms with Crippen molar-refractivity contribution in [1.29, 1.82) is 0 Å². The summed E-state index contributed by atoms with van der Waals surface area (Å²) in [6, 6.07) is 30.8. The zero-order valence-corrected chi connectivity index (χ0v) is 20.6. The van der Waals surface area contributed by atoms with Crippen LogP contribution in [-0.4, -0.2) is 46.8 Å². The first kappa shape index (κ1) is 19.9. The molecule has 3 heteroatoms. The molecule has 4 rings (SSSR count). The molecule has 4 aromatic rings. The number of rotatable bonds is 7. The van der Waals surface area contributed by atoms with Gasteiger partial charge in [-0.05, 0) is 0 Å². The first-order chi connectivity index (χ1) is 13.8. The van der Waals surface area contributed by atoms with Gasteiger partial charge in [-0.2, -0.15) is 0 Å². The molecular weight excluding hydrogens is 569 g/mol. The molecule has 0 atom stereocenters. The molecule has 140 valence electrons. The second-order valence-electron chi connectivity index (χ2n) is 6.68. The monoisotopic (exact) mass is 597 g/mol. The van der Waals surface area contributed by atoms with Crippen LogP contribution in [0.5, 0.6) is 0 Å². The number of benzene rings is 3. The fraction of sp³-hybridized carbons (Fsp3) is 0.160. The minimum atomic E-state index is -0.484. The number of hydrogen-bond donors (Lipinski definition) is 0. The fourth-order valence-electron chi connectivity index (χ4n) is 3.18. The van der Waals surface area contributed by atoms with Crippen molar-refractivity contribution in [1.82, 2.24) is 4.98 Å². The second kappa shape index (κ2) is 9.91. The zero-order chi connectivity index (χ0) is 19.2. The standard InChI is InChI=1S/C25H23NTe2/c1-2-3-16-22-24(27-19-12-6-4-7-13-19)21-17-10-11-18-23(21)26-25(22)28-20-14-8-5-9-15-20/h4-15,17-18H,2-3,16H2,1H3. The third-order valence-corrected chi connectivity index (χ3v) is 10.9. The van der Waals surface area contributed by atoms with Crippen LogP contribution in [0.1, 0.15) is 25.3 Å². The maximum absolute atomic E-state index is 5.20. The van der Waals surface area contributed by atoms with Gasteiger partial charge in [-0.1, -0.05) is 0 Å². The van der Waals surface area contributed by atoms with E-state index in [0.29, 0.717) is 0 Å². The van der Waals surface area contributed by atoms with Crippen molar-refractivity contribution in [2.24, 2.45) is 0 Å². The van der Waals surface area contributed by atoms with Crippen LogP contribution in [0.4, 0.5) is 0 Å². The summed E-state index contributed by atoms with van der Waals surface area (Å²) in [4.78, 5) is 5.20. The van der Waals surface area contributed by atoms with E-state index in [2.05, 4.69) is 91.9 Å². The Labute approximate surface area is 187 Å². The summed E-state index contributed by atoms with van der Waals surface area (Å²) in [6.45, 7) is 2.29. The molecule has 0 radical (unpaired) electrons. The Hall–Kier alpha value is -1.35. The maximum atomic E-state index is 5.20. The summed E-state index contributed by atoms with van der Waals surface area (Å²) < 4.78 is 6.00. The normalized spacial score (nSPS) is 11.0. The Bertz CT molecular complexity index is 1050. The molecule has 0 saturated heterocycles. The van der Waals surface area contributed by atoms with Crippen LogP contribution in [0, 0.1) is 0 Å². The second-order valence-corrected chi connectivity index (χ2v) is 12.8. The van der Waals surface area contributed by atoms with E-state index < -0.39 is 41.8 Å². The van der Waals surface area contributed by atoms with Crippen LogP contribution in [0.25, 0.3) is 10.9 Å². The van der Waals surface area contributed by atoms with Gasteiger partial charge >= 0.3 is 189 Å².